The Kier molecular flexibility index (Phi) is 4.24. The highest BCUT2D eigenvalue weighted by molar-refractivity contribution is 6.05. The molecule has 0 radical (unpaired) electrons. The van der Waals surface area contributed by atoms with Gasteiger partial charge in [-0.25, -0.2) is 9.02 Å². The van der Waals surface area contributed by atoms with Gasteiger partial charge in [0.05, 0.1) is 12.7 Å². The number of carbonyl (C=O) groups is 1. The van der Waals surface area contributed by atoms with E-state index in [1.807, 2.05) is 13.0 Å². The van der Waals surface area contributed by atoms with E-state index in [1.165, 1.54) is 18.2 Å². The summed E-state index contributed by atoms with van der Waals surface area (Å²) in [5.41, 5.74) is 1.85. The molecule has 0 aliphatic rings. The third kappa shape index (κ3) is 2.96. The summed E-state index contributed by atoms with van der Waals surface area (Å²) in [6.45, 7) is 1.88. The molecule has 0 atom stereocenters. The molecule has 0 fully saturated rings. The predicted molar refractivity (Wildman–Crippen MR) is 85.4 cm³/mol. The number of carbonyl (C=O) groups excluding carboxylic acids is 1. The summed E-state index contributed by atoms with van der Waals surface area (Å²) in [6.07, 6.45) is 0. The van der Waals surface area contributed by atoms with E-state index in [9.17, 15) is 9.18 Å². The Morgan fingerprint density at radius 3 is 2.71 bits per heavy atom. The molecule has 3 aromatic rings. The van der Waals surface area contributed by atoms with Crippen LogP contribution in [0.3, 0.4) is 0 Å². The molecular weight excluding hydrogens is 313 g/mol. The maximum Gasteiger partial charge on any atom is 0.259 e. The average Bonchev–Trinajstić information content (AvgIpc) is 3.03. The number of nitrogens with one attached hydrogen (secondary N) is 1. The fourth-order valence-electron chi connectivity index (χ4n) is 2.31. The van der Waals surface area contributed by atoms with Gasteiger partial charge >= 0.3 is 0 Å². The standard InChI is InChI=1S/C17H14FN3O3/c1-10-9-11(7-8-14(10)23-2)15-16(21-24-20-15)19-17(22)12-5-3-4-6-13(12)18/h3-9H,1-2H3,(H,19,21,22). The monoisotopic (exact) mass is 327 g/mol. The van der Waals surface area contributed by atoms with E-state index in [0.29, 0.717) is 11.3 Å². The van der Waals surface area contributed by atoms with E-state index in [2.05, 4.69) is 15.6 Å². The van der Waals surface area contributed by atoms with Crippen molar-refractivity contribution < 1.29 is 18.6 Å². The van der Waals surface area contributed by atoms with Crippen molar-refractivity contribution in [3.8, 4) is 17.0 Å². The molecule has 1 amide bonds. The number of anilines is 1. The van der Waals surface area contributed by atoms with Gasteiger partial charge in [0.1, 0.15) is 11.6 Å². The maximum atomic E-state index is 13.7. The van der Waals surface area contributed by atoms with E-state index in [-0.39, 0.29) is 11.4 Å². The lowest BCUT2D eigenvalue weighted by molar-refractivity contribution is 0.102. The predicted octanol–water partition coefficient (Wildman–Crippen LogP) is 3.45. The van der Waals surface area contributed by atoms with Crippen molar-refractivity contribution in [2.24, 2.45) is 0 Å². The van der Waals surface area contributed by atoms with E-state index < -0.39 is 11.7 Å². The smallest absolute Gasteiger partial charge is 0.259 e. The number of aryl methyl sites for hydroxylation is 1. The van der Waals surface area contributed by atoms with Crippen LogP contribution in [0.25, 0.3) is 11.3 Å². The third-order valence-electron chi connectivity index (χ3n) is 3.51. The quantitative estimate of drug-likeness (QED) is 0.794. The van der Waals surface area contributed by atoms with Gasteiger partial charge in [-0.3, -0.25) is 4.79 Å². The third-order valence-corrected chi connectivity index (χ3v) is 3.51. The molecule has 1 N–H and O–H groups in total. The lowest BCUT2D eigenvalue weighted by Crippen LogP contribution is -2.14. The van der Waals surface area contributed by atoms with Crippen LogP contribution in [0.5, 0.6) is 5.75 Å². The molecule has 0 unspecified atom stereocenters. The summed E-state index contributed by atoms with van der Waals surface area (Å²) < 4.78 is 23.6. The number of nitrogens with zero attached hydrogens (tertiary/aromatic N) is 2. The van der Waals surface area contributed by atoms with E-state index in [4.69, 9.17) is 9.37 Å². The van der Waals surface area contributed by atoms with Gasteiger partial charge in [0.2, 0.25) is 5.82 Å². The molecule has 0 spiro atoms. The van der Waals surface area contributed by atoms with Gasteiger partial charge in [0, 0.05) is 5.56 Å². The van der Waals surface area contributed by atoms with Gasteiger partial charge in [-0.1, -0.05) is 12.1 Å². The molecule has 122 valence electrons. The number of ether oxygens (including phenoxy) is 1. The highest BCUT2D eigenvalue weighted by Gasteiger charge is 2.18. The van der Waals surface area contributed by atoms with E-state index in [0.717, 1.165) is 11.3 Å². The fraction of sp³-hybridized carbons (Fsp3) is 0.118. The zero-order valence-electron chi connectivity index (χ0n) is 13.0. The number of amides is 1. The van der Waals surface area contributed by atoms with Crippen LogP contribution in [0.15, 0.2) is 47.1 Å². The first-order chi connectivity index (χ1) is 11.6. The second-order valence-corrected chi connectivity index (χ2v) is 5.08. The Hall–Kier alpha value is -3.22. The number of rotatable bonds is 4. The van der Waals surface area contributed by atoms with Crippen LogP contribution in [0, 0.1) is 12.7 Å². The summed E-state index contributed by atoms with van der Waals surface area (Å²) in [6, 6.07) is 11.1. The minimum atomic E-state index is -0.629. The zero-order chi connectivity index (χ0) is 17.1. The molecule has 1 heterocycles. The van der Waals surface area contributed by atoms with Crippen molar-refractivity contribution in [2.45, 2.75) is 6.92 Å². The van der Waals surface area contributed by atoms with Crippen LogP contribution < -0.4 is 10.1 Å². The number of hydrogen-bond acceptors (Lipinski definition) is 5. The van der Waals surface area contributed by atoms with Crippen molar-refractivity contribution in [3.05, 3.63) is 59.4 Å². The molecule has 0 aliphatic heterocycles. The number of benzene rings is 2. The van der Waals surface area contributed by atoms with Gasteiger partial charge < -0.3 is 10.1 Å². The fourth-order valence-corrected chi connectivity index (χ4v) is 2.31. The minimum absolute atomic E-state index is 0.0858. The van der Waals surface area contributed by atoms with Crippen LogP contribution in [-0.4, -0.2) is 23.3 Å². The first kappa shape index (κ1) is 15.7. The van der Waals surface area contributed by atoms with Gasteiger partial charge in [-0.2, -0.15) is 0 Å². The second kappa shape index (κ2) is 6.49. The molecule has 0 saturated carbocycles. The molecule has 2 aromatic carbocycles. The van der Waals surface area contributed by atoms with Crippen LogP contribution >= 0.6 is 0 Å². The summed E-state index contributed by atoms with van der Waals surface area (Å²) in [4.78, 5) is 12.2. The minimum Gasteiger partial charge on any atom is -0.496 e. The van der Waals surface area contributed by atoms with Gasteiger partial charge in [0.15, 0.2) is 5.69 Å². The Balaban J connectivity index is 1.90. The van der Waals surface area contributed by atoms with Crippen molar-refractivity contribution >= 4 is 11.7 Å². The molecule has 3 rings (SSSR count). The molecule has 6 nitrogen and oxygen atoms in total. The maximum absolute atomic E-state index is 13.7. The molecular formula is C17H14FN3O3. The topological polar surface area (TPSA) is 77.2 Å². The van der Waals surface area contributed by atoms with Crippen LogP contribution in [0.4, 0.5) is 10.2 Å². The molecule has 0 saturated heterocycles. The van der Waals surface area contributed by atoms with Gasteiger partial charge in [0.25, 0.3) is 5.91 Å². The van der Waals surface area contributed by atoms with Crippen molar-refractivity contribution in [1.82, 2.24) is 10.3 Å². The highest BCUT2D eigenvalue weighted by Crippen LogP contribution is 2.29. The largest absolute Gasteiger partial charge is 0.496 e. The summed E-state index contributed by atoms with van der Waals surface area (Å²) in [5.74, 6) is -0.399. The number of aromatic nitrogens is 2. The summed E-state index contributed by atoms with van der Waals surface area (Å²) in [7, 11) is 1.58. The van der Waals surface area contributed by atoms with Crippen LogP contribution in [0.2, 0.25) is 0 Å². The van der Waals surface area contributed by atoms with Crippen molar-refractivity contribution in [3.63, 3.8) is 0 Å². The number of halogens is 1. The number of hydrogen-bond donors (Lipinski definition) is 1. The van der Waals surface area contributed by atoms with Crippen LogP contribution in [-0.2, 0) is 0 Å². The first-order valence-corrected chi connectivity index (χ1v) is 7.13. The Morgan fingerprint density at radius 1 is 1.21 bits per heavy atom. The second-order valence-electron chi connectivity index (χ2n) is 5.08. The molecule has 0 bridgehead atoms. The summed E-state index contributed by atoms with van der Waals surface area (Å²) >= 11 is 0. The molecule has 1 aromatic heterocycles. The first-order valence-electron chi connectivity index (χ1n) is 7.13. The van der Waals surface area contributed by atoms with Crippen molar-refractivity contribution in [2.75, 3.05) is 12.4 Å². The number of methoxy groups -OCH3 is 1. The van der Waals surface area contributed by atoms with Crippen molar-refractivity contribution in [1.29, 1.82) is 0 Å². The molecule has 0 aliphatic carbocycles. The van der Waals surface area contributed by atoms with Crippen LogP contribution in [0.1, 0.15) is 15.9 Å². The lowest BCUT2D eigenvalue weighted by atomic mass is 10.1. The Bertz CT molecular complexity index is 892. The Morgan fingerprint density at radius 2 is 2.00 bits per heavy atom. The highest BCUT2D eigenvalue weighted by atomic mass is 19.1. The van der Waals surface area contributed by atoms with E-state index >= 15 is 0 Å². The molecule has 7 heteroatoms. The average molecular weight is 327 g/mol. The normalized spacial score (nSPS) is 10.5. The Labute approximate surface area is 137 Å². The zero-order valence-corrected chi connectivity index (χ0v) is 13.0. The SMILES string of the molecule is COc1ccc(-c2nonc2NC(=O)c2ccccc2F)cc1C. The van der Waals surface area contributed by atoms with E-state index in [1.54, 1.807) is 25.3 Å². The van der Waals surface area contributed by atoms with Gasteiger partial charge in [-0.05, 0) is 53.1 Å². The summed E-state index contributed by atoms with van der Waals surface area (Å²) in [5, 5.41) is 10.0. The molecule has 24 heavy (non-hydrogen) atoms. The van der Waals surface area contributed by atoms with Gasteiger partial charge in [-0.15, -0.1) is 0 Å². The lowest BCUT2D eigenvalue weighted by Gasteiger charge is -2.07.